The Labute approximate surface area is 74.5 Å². The molecule has 1 atom stereocenters. The van der Waals surface area contributed by atoms with Crippen LogP contribution in [-0.4, -0.2) is 6.61 Å². The van der Waals surface area contributed by atoms with Crippen LogP contribution in [0.15, 0.2) is 24.3 Å². The smallest absolute Gasteiger partial charge is 0.0720 e. The Morgan fingerprint density at radius 2 is 2.18 bits per heavy atom. The molecule has 0 bridgehead atoms. The topological polar surface area (TPSA) is 9.23 Å². The minimum absolute atomic E-state index is 0.382. The Morgan fingerprint density at radius 1 is 1.36 bits per heavy atom. The Bertz CT molecular complexity index is 259. The van der Waals surface area contributed by atoms with Crippen molar-refractivity contribution in [1.29, 1.82) is 0 Å². The Balaban J connectivity index is 2.44. The van der Waals surface area contributed by atoms with E-state index in [0.717, 1.165) is 13.2 Å². The van der Waals surface area contributed by atoms with E-state index < -0.39 is 0 Å². The number of rotatable bonds is 0. The molecule has 1 aliphatic rings. The first-order chi connectivity index (χ1) is 5.38. The van der Waals surface area contributed by atoms with Gasteiger partial charge in [0.2, 0.25) is 0 Å². The molecule has 1 unspecified atom stereocenters. The van der Waals surface area contributed by atoms with Crippen LogP contribution in [0.1, 0.15) is 16.0 Å². The lowest BCUT2D eigenvalue weighted by molar-refractivity contribution is 0.110. The molecular weight excluding hydrogens is 204 g/mol. The van der Waals surface area contributed by atoms with Crippen LogP contribution in [0.25, 0.3) is 0 Å². The summed E-state index contributed by atoms with van der Waals surface area (Å²) < 4.78 is 5.36. The fourth-order valence-corrected chi connectivity index (χ4v) is 1.97. The van der Waals surface area contributed by atoms with Crippen molar-refractivity contribution in [2.45, 2.75) is 11.4 Å². The van der Waals surface area contributed by atoms with E-state index in [1.807, 2.05) is 6.07 Å². The Kier molecular flexibility index (Phi) is 1.96. The lowest BCUT2D eigenvalue weighted by Crippen LogP contribution is -2.11. The van der Waals surface area contributed by atoms with Gasteiger partial charge in [-0.15, -0.1) is 0 Å². The molecule has 0 aromatic heterocycles. The van der Waals surface area contributed by atoms with Gasteiger partial charge in [0.05, 0.1) is 18.0 Å². The van der Waals surface area contributed by atoms with Crippen LogP contribution in [0.4, 0.5) is 0 Å². The maximum absolute atomic E-state index is 5.36. The minimum Gasteiger partial charge on any atom is -0.375 e. The molecule has 1 heterocycles. The fraction of sp³-hybridized carbons (Fsp3) is 0.333. The van der Waals surface area contributed by atoms with Crippen LogP contribution in [0, 0.1) is 0 Å². The largest absolute Gasteiger partial charge is 0.375 e. The average molecular weight is 213 g/mol. The van der Waals surface area contributed by atoms with Crippen LogP contribution in [0.2, 0.25) is 0 Å². The van der Waals surface area contributed by atoms with Crippen LogP contribution >= 0.6 is 15.9 Å². The van der Waals surface area contributed by atoms with Gasteiger partial charge in [-0.25, -0.2) is 0 Å². The molecule has 0 saturated heterocycles. The third kappa shape index (κ3) is 1.33. The van der Waals surface area contributed by atoms with E-state index in [2.05, 4.69) is 34.1 Å². The second kappa shape index (κ2) is 2.95. The first kappa shape index (κ1) is 7.32. The maximum Gasteiger partial charge on any atom is 0.0720 e. The van der Waals surface area contributed by atoms with Gasteiger partial charge in [0.15, 0.2) is 0 Å². The molecule has 0 saturated carbocycles. The van der Waals surface area contributed by atoms with Gasteiger partial charge in [-0.3, -0.25) is 0 Å². The van der Waals surface area contributed by atoms with Gasteiger partial charge < -0.3 is 4.74 Å². The third-order valence-corrected chi connectivity index (χ3v) is 2.67. The molecule has 1 aliphatic heterocycles. The number of halogens is 1. The van der Waals surface area contributed by atoms with Crippen molar-refractivity contribution >= 4 is 15.9 Å². The standard InChI is InChI=1S/C9H9BrO/c10-9-6-11-5-7-3-1-2-4-8(7)9/h1-4,9H,5-6H2. The van der Waals surface area contributed by atoms with Crippen molar-refractivity contribution in [3.05, 3.63) is 35.4 Å². The highest BCUT2D eigenvalue weighted by molar-refractivity contribution is 9.09. The lowest BCUT2D eigenvalue weighted by atomic mass is 10.0. The van der Waals surface area contributed by atoms with Crippen molar-refractivity contribution in [1.82, 2.24) is 0 Å². The summed E-state index contributed by atoms with van der Waals surface area (Å²) >= 11 is 3.56. The van der Waals surface area contributed by atoms with Gasteiger partial charge in [0.1, 0.15) is 0 Å². The van der Waals surface area contributed by atoms with Crippen molar-refractivity contribution in [2.24, 2.45) is 0 Å². The van der Waals surface area contributed by atoms with Crippen LogP contribution in [-0.2, 0) is 11.3 Å². The summed E-state index contributed by atoms with van der Waals surface area (Å²) in [5.41, 5.74) is 2.68. The van der Waals surface area contributed by atoms with E-state index in [0.29, 0.717) is 4.83 Å². The number of ether oxygens (including phenoxy) is 1. The Morgan fingerprint density at radius 3 is 3.00 bits per heavy atom. The molecule has 58 valence electrons. The number of fused-ring (bicyclic) bond motifs is 1. The highest BCUT2D eigenvalue weighted by atomic mass is 79.9. The van der Waals surface area contributed by atoms with Gasteiger partial charge >= 0.3 is 0 Å². The number of hydrogen-bond acceptors (Lipinski definition) is 1. The summed E-state index contributed by atoms with van der Waals surface area (Å²) in [7, 11) is 0. The van der Waals surface area contributed by atoms with E-state index in [1.165, 1.54) is 11.1 Å². The van der Waals surface area contributed by atoms with E-state index in [4.69, 9.17) is 4.74 Å². The molecular formula is C9H9BrO. The number of benzene rings is 1. The van der Waals surface area contributed by atoms with Gasteiger partial charge in [-0.05, 0) is 11.1 Å². The number of alkyl halides is 1. The van der Waals surface area contributed by atoms with Gasteiger partial charge in [-0.2, -0.15) is 0 Å². The van der Waals surface area contributed by atoms with Crippen LogP contribution in [0.3, 0.4) is 0 Å². The van der Waals surface area contributed by atoms with Crippen molar-refractivity contribution in [2.75, 3.05) is 6.61 Å². The van der Waals surface area contributed by atoms with Crippen molar-refractivity contribution < 1.29 is 4.74 Å². The summed E-state index contributed by atoms with van der Waals surface area (Å²) in [5, 5.41) is 0. The predicted octanol–water partition coefficient (Wildman–Crippen LogP) is 2.65. The van der Waals surface area contributed by atoms with Crippen molar-refractivity contribution in [3.8, 4) is 0 Å². The number of hydrogen-bond donors (Lipinski definition) is 0. The fourth-order valence-electron chi connectivity index (χ4n) is 1.33. The first-order valence-electron chi connectivity index (χ1n) is 3.67. The molecule has 1 aromatic rings. The van der Waals surface area contributed by atoms with Gasteiger partial charge in [-0.1, -0.05) is 40.2 Å². The molecule has 0 spiro atoms. The SMILES string of the molecule is BrC1COCc2ccccc21. The summed E-state index contributed by atoms with van der Waals surface area (Å²) in [4.78, 5) is 0.382. The third-order valence-electron chi connectivity index (χ3n) is 1.91. The quantitative estimate of drug-likeness (QED) is 0.602. The molecule has 0 fully saturated rings. The summed E-state index contributed by atoms with van der Waals surface area (Å²) in [6.45, 7) is 1.55. The zero-order valence-electron chi connectivity index (χ0n) is 6.09. The van der Waals surface area contributed by atoms with Gasteiger partial charge in [0, 0.05) is 0 Å². The summed E-state index contributed by atoms with van der Waals surface area (Å²) in [6.07, 6.45) is 0. The van der Waals surface area contributed by atoms with E-state index >= 15 is 0 Å². The first-order valence-corrected chi connectivity index (χ1v) is 4.59. The normalized spacial score (nSPS) is 22.8. The van der Waals surface area contributed by atoms with E-state index in [-0.39, 0.29) is 0 Å². The zero-order chi connectivity index (χ0) is 7.68. The second-order valence-electron chi connectivity index (χ2n) is 2.68. The maximum atomic E-state index is 5.36. The van der Waals surface area contributed by atoms with E-state index in [1.54, 1.807) is 0 Å². The monoisotopic (exact) mass is 212 g/mol. The van der Waals surface area contributed by atoms with Crippen LogP contribution < -0.4 is 0 Å². The van der Waals surface area contributed by atoms with Crippen molar-refractivity contribution in [3.63, 3.8) is 0 Å². The zero-order valence-corrected chi connectivity index (χ0v) is 7.67. The highest BCUT2D eigenvalue weighted by Gasteiger charge is 2.16. The molecule has 0 aliphatic carbocycles. The highest BCUT2D eigenvalue weighted by Crippen LogP contribution is 2.30. The lowest BCUT2D eigenvalue weighted by Gasteiger charge is -2.20. The summed E-state index contributed by atoms with van der Waals surface area (Å²) in [5.74, 6) is 0. The van der Waals surface area contributed by atoms with Crippen LogP contribution in [0.5, 0.6) is 0 Å². The van der Waals surface area contributed by atoms with E-state index in [9.17, 15) is 0 Å². The van der Waals surface area contributed by atoms with Gasteiger partial charge in [0.25, 0.3) is 0 Å². The molecule has 0 amide bonds. The average Bonchev–Trinajstić information content (AvgIpc) is 2.06. The molecule has 2 rings (SSSR count). The molecule has 11 heavy (non-hydrogen) atoms. The molecule has 0 radical (unpaired) electrons. The predicted molar refractivity (Wildman–Crippen MR) is 47.8 cm³/mol. The summed E-state index contributed by atoms with van der Waals surface area (Å²) in [6, 6.07) is 8.38. The molecule has 1 nitrogen and oxygen atoms in total. The molecule has 0 N–H and O–H groups in total. The minimum atomic E-state index is 0.382. The molecule has 2 heteroatoms. The Hall–Kier alpha value is -0.340. The second-order valence-corrected chi connectivity index (χ2v) is 3.79. The molecule has 1 aromatic carbocycles.